The molecule has 18 heavy (non-hydrogen) atoms. The lowest BCUT2D eigenvalue weighted by molar-refractivity contribution is -0.741. The second-order valence-corrected chi connectivity index (χ2v) is 3.55. The third kappa shape index (κ3) is 3.68. The van der Waals surface area contributed by atoms with E-state index in [2.05, 4.69) is 5.92 Å². The summed E-state index contributed by atoms with van der Waals surface area (Å²) in [6.45, 7) is 0.0657. The molecule has 0 aliphatic heterocycles. The quantitative estimate of drug-likeness (QED) is 0.658. The first kappa shape index (κ1) is 13.9. The van der Waals surface area contributed by atoms with Crippen molar-refractivity contribution in [2.45, 2.75) is 0 Å². The number of hydrogen-bond acceptors (Lipinski definition) is 3. The molecule has 0 amide bonds. The highest BCUT2D eigenvalue weighted by Crippen LogP contribution is 2.36. The minimum Gasteiger partial charge on any atom is -0.493 e. The smallest absolute Gasteiger partial charge is 0.282 e. The largest absolute Gasteiger partial charge is 0.493 e. The SMILES string of the molecule is C#CCOc1c(Cl)cc(/C=C/[N+](=O)O)cc1OC. The van der Waals surface area contributed by atoms with Crippen LogP contribution >= 0.6 is 11.6 Å². The molecule has 0 aromatic heterocycles. The van der Waals surface area contributed by atoms with Crippen molar-refractivity contribution in [3.05, 3.63) is 33.8 Å². The van der Waals surface area contributed by atoms with Crippen LogP contribution in [0.5, 0.6) is 11.5 Å². The van der Waals surface area contributed by atoms with E-state index >= 15 is 0 Å². The summed E-state index contributed by atoms with van der Waals surface area (Å²) in [4.78, 5) is 10.0. The monoisotopic (exact) mass is 268 g/mol. The molecule has 0 bridgehead atoms. The van der Waals surface area contributed by atoms with Gasteiger partial charge in [0, 0.05) is 6.08 Å². The number of nitrogens with zero attached hydrogens (tertiary/aromatic N) is 1. The van der Waals surface area contributed by atoms with Crippen LogP contribution in [0, 0.1) is 17.3 Å². The van der Waals surface area contributed by atoms with E-state index in [0.717, 1.165) is 6.20 Å². The predicted octanol–water partition coefficient (Wildman–Crippen LogP) is 2.50. The van der Waals surface area contributed by atoms with Crippen LogP contribution in [0.25, 0.3) is 6.08 Å². The van der Waals surface area contributed by atoms with Crippen molar-refractivity contribution in [3.63, 3.8) is 0 Å². The van der Waals surface area contributed by atoms with Crippen molar-refractivity contribution in [1.82, 2.24) is 0 Å². The van der Waals surface area contributed by atoms with Gasteiger partial charge in [-0.25, -0.2) is 5.21 Å². The number of halogens is 1. The van der Waals surface area contributed by atoms with Crippen LogP contribution < -0.4 is 9.47 Å². The van der Waals surface area contributed by atoms with Crippen molar-refractivity contribution in [2.75, 3.05) is 13.7 Å². The molecule has 0 aliphatic carbocycles. The van der Waals surface area contributed by atoms with E-state index in [1.54, 1.807) is 12.1 Å². The molecule has 94 valence electrons. The summed E-state index contributed by atoms with van der Waals surface area (Å²) in [7, 11) is 1.45. The first-order valence-electron chi connectivity index (χ1n) is 4.85. The van der Waals surface area contributed by atoms with Gasteiger partial charge in [-0.3, -0.25) is 0 Å². The van der Waals surface area contributed by atoms with Gasteiger partial charge in [0.1, 0.15) is 6.61 Å². The highest BCUT2D eigenvalue weighted by Gasteiger charge is 2.11. The second-order valence-electron chi connectivity index (χ2n) is 3.15. The van der Waals surface area contributed by atoms with E-state index < -0.39 is 0 Å². The summed E-state index contributed by atoms with van der Waals surface area (Å²) >= 11 is 6.00. The molecule has 0 unspecified atom stereocenters. The number of methoxy groups -OCH3 is 1. The first-order chi connectivity index (χ1) is 8.58. The Labute approximate surface area is 109 Å². The summed E-state index contributed by atoms with van der Waals surface area (Å²) in [6.07, 6.45) is 7.38. The van der Waals surface area contributed by atoms with Crippen LogP contribution in [-0.2, 0) is 0 Å². The molecule has 0 heterocycles. The Kier molecular flexibility index (Phi) is 5.03. The van der Waals surface area contributed by atoms with Gasteiger partial charge >= 0.3 is 0 Å². The average Bonchev–Trinajstić information content (AvgIpc) is 2.34. The van der Waals surface area contributed by atoms with Crippen LogP contribution in [-0.4, -0.2) is 23.8 Å². The van der Waals surface area contributed by atoms with Crippen molar-refractivity contribution in [3.8, 4) is 23.8 Å². The summed E-state index contributed by atoms with van der Waals surface area (Å²) in [5.74, 6) is 3.03. The Morgan fingerprint density at radius 2 is 2.33 bits per heavy atom. The van der Waals surface area contributed by atoms with Crippen LogP contribution in [0.4, 0.5) is 0 Å². The number of rotatable bonds is 5. The Bertz CT molecular complexity index is 520. The Morgan fingerprint density at radius 3 is 2.89 bits per heavy atom. The molecular formula is C12H11ClNO4+. The van der Waals surface area contributed by atoms with Crippen LogP contribution in [0.1, 0.15) is 5.56 Å². The number of hydrogen-bond donors (Lipinski definition) is 1. The van der Waals surface area contributed by atoms with E-state index in [-0.39, 0.29) is 11.5 Å². The maximum Gasteiger partial charge on any atom is 0.282 e. The summed E-state index contributed by atoms with van der Waals surface area (Å²) in [5, 5.41) is 8.75. The third-order valence-electron chi connectivity index (χ3n) is 1.95. The highest BCUT2D eigenvalue weighted by molar-refractivity contribution is 6.32. The lowest BCUT2D eigenvalue weighted by Gasteiger charge is -2.11. The number of ether oxygens (including phenoxy) is 2. The van der Waals surface area contributed by atoms with E-state index in [1.165, 1.54) is 13.2 Å². The molecule has 0 aliphatic rings. The lowest BCUT2D eigenvalue weighted by Crippen LogP contribution is -1.98. The maximum absolute atomic E-state index is 10.3. The Balaban J connectivity index is 3.10. The molecule has 0 atom stereocenters. The molecule has 1 aromatic carbocycles. The van der Waals surface area contributed by atoms with Crippen molar-refractivity contribution < 1.29 is 19.6 Å². The Morgan fingerprint density at radius 1 is 1.61 bits per heavy atom. The standard InChI is InChI=1S/C12H11ClNO4/c1-3-6-18-12-10(13)7-9(4-5-14(15)16)8-11(12)17-2/h1,4-5,7-8H,6H2,2H3,(H,15,16)/q+1/b5-4+. The van der Waals surface area contributed by atoms with Gasteiger partial charge in [-0.2, -0.15) is 0 Å². The van der Waals surface area contributed by atoms with Gasteiger partial charge in [-0.1, -0.05) is 17.5 Å². The summed E-state index contributed by atoms with van der Waals surface area (Å²) < 4.78 is 10.4. The van der Waals surface area contributed by atoms with Gasteiger partial charge in [0.15, 0.2) is 11.5 Å². The van der Waals surface area contributed by atoms with Crippen molar-refractivity contribution >= 4 is 17.7 Å². The molecule has 0 fully saturated rings. The van der Waals surface area contributed by atoms with Crippen molar-refractivity contribution in [1.29, 1.82) is 0 Å². The first-order valence-corrected chi connectivity index (χ1v) is 5.23. The predicted molar refractivity (Wildman–Crippen MR) is 66.8 cm³/mol. The number of terminal acetylenes is 1. The van der Waals surface area contributed by atoms with E-state index in [9.17, 15) is 4.91 Å². The minimum atomic E-state index is -0.316. The van der Waals surface area contributed by atoms with Gasteiger partial charge in [-0.15, -0.1) is 6.42 Å². The fourth-order valence-electron chi connectivity index (χ4n) is 1.24. The minimum absolute atomic E-state index is 0.0657. The van der Waals surface area contributed by atoms with E-state index in [0.29, 0.717) is 22.1 Å². The van der Waals surface area contributed by atoms with Gasteiger partial charge in [0.05, 0.1) is 17.0 Å². The van der Waals surface area contributed by atoms with E-state index in [1.807, 2.05) is 0 Å². The molecule has 6 heteroatoms. The highest BCUT2D eigenvalue weighted by atomic mass is 35.5. The molecule has 0 radical (unpaired) electrons. The van der Waals surface area contributed by atoms with E-state index in [4.69, 9.17) is 32.7 Å². The second kappa shape index (κ2) is 6.52. The molecular weight excluding hydrogens is 258 g/mol. The fraction of sp³-hybridized carbons (Fsp3) is 0.167. The molecule has 0 saturated heterocycles. The normalized spacial score (nSPS) is 10.1. The van der Waals surface area contributed by atoms with Gasteiger partial charge in [-0.05, 0) is 17.7 Å². The van der Waals surface area contributed by atoms with Gasteiger partial charge < -0.3 is 9.47 Å². The zero-order valence-electron chi connectivity index (χ0n) is 9.59. The molecule has 1 aromatic rings. The summed E-state index contributed by atoms with van der Waals surface area (Å²) in [5.41, 5.74) is 0.569. The molecule has 0 saturated carbocycles. The molecule has 1 rings (SSSR count). The van der Waals surface area contributed by atoms with Crippen molar-refractivity contribution in [2.24, 2.45) is 0 Å². The lowest BCUT2D eigenvalue weighted by atomic mass is 10.2. The fourth-order valence-corrected chi connectivity index (χ4v) is 1.51. The topological polar surface area (TPSA) is 58.8 Å². The van der Waals surface area contributed by atoms with Gasteiger partial charge in [0.2, 0.25) is 4.92 Å². The molecule has 1 N–H and O–H groups in total. The third-order valence-corrected chi connectivity index (χ3v) is 2.23. The average molecular weight is 269 g/mol. The van der Waals surface area contributed by atoms with Crippen LogP contribution in [0.2, 0.25) is 5.02 Å². The van der Waals surface area contributed by atoms with Crippen LogP contribution in [0.15, 0.2) is 18.3 Å². The molecule has 5 nitrogen and oxygen atoms in total. The maximum atomic E-state index is 10.3. The zero-order valence-corrected chi connectivity index (χ0v) is 10.3. The van der Waals surface area contributed by atoms with Crippen LogP contribution in [0.3, 0.4) is 0 Å². The summed E-state index contributed by atoms with van der Waals surface area (Å²) in [6, 6.07) is 3.15. The number of benzene rings is 1. The molecule has 0 spiro atoms. The van der Waals surface area contributed by atoms with Gasteiger partial charge in [0.25, 0.3) is 6.20 Å². The Hall–Kier alpha value is -2.19. The zero-order chi connectivity index (χ0) is 13.5.